The van der Waals surface area contributed by atoms with Crippen LogP contribution in [0.15, 0.2) is 30.3 Å². The number of methoxy groups -OCH3 is 1. The molecule has 110 valence electrons. The summed E-state index contributed by atoms with van der Waals surface area (Å²) >= 11 is 0. The lowest BCUT2D eigenvalue weighted by Gasteiger charge is -2.10. The second kappa shape index (κ2) is 6.29. The molecule has 0 unspecified atom stereocenters. The second-order valence-corrected chi connectivity index (χ2v) is 4.29. The van der Waals surface area contributed by atoms with Crippen LogP contribution in [0.3, 0.4) is 0 Å². The van der Waals surface area contributed by atoms with Crippen LogP contribution >= 0.6 is 0 Å². The van der Waals surface area contributed by atoms with Crippen molar-refractivity contribution >= 4 is 5.91 Å². The van der Waals surface area contributed by atoms with Gasteiger partial charge in [-0.05, 0) is 30.3 Å². The van der Waals surface area contributed by atoms with Gasteiger partial charge in [0, 0.05) is 5.56 Å². The van der Waals surface area contributed by atoms with Crippen LogP contribution in [0.2, 0.25) is 0 Å². The summed E-state index contributed by atoms with van der Waals surface area (Å²) in [5.74, 6) is -0.346. The summed E-state index contributed by atoms with van der Waals surface area (Å²) in [5.41, 5.74) is 6.44. The molecule has 21 heavy (non-hydrogen) atoms. The maximum atomic E-state index is 11.3. The summed E-state index contributed by atoms with van der Waals surface area (Å²) < 4.78 is 5.07. The zero-order chi connectivity index (χ0) is 15.4. The first-order valence-electron chi connectivity index (χ1n) is 6.17. The van der Waals surface area contributed by atoms with E-state index in [9.17, 15) is 9.90 Å². The summed E-state index contributed by atoms with van der Waals surface area (Å²) in [7, 11) is 1.56. The van der Waals surface area contributed by atoms with Gasteiger partial charge < -0.3 is 20.7 Å². The van der Waals surface area contributed by atoms with Gasteiger partial charge in [-0.3, -0.25) is 4.79 Å². The smallest absolute Gasteiger partial charge is 0.286 e. The topological polar surface area (TPSA) is 119 Å². The van der Waals surface area contributed by atoms with Crippen LogP contribution in [0, 0.1) is 0 Å². The normalized spacial score (nSPS) is 12.0. The van der Waals surface area contributed by atoms with E-state index in [1.165, 1.54) is 6.07 Å². The highest BCUT2D eigenvalue weighted by molar-refractivity contribution is 5.89. The van der Waals surface area contributed by atoms with E-state index in [-0.39, 0.29) is 11.5 Å². The number of nitrogens with zero attached hydrogens (tertiary/aromatic N) is 2. The molecule has 4 N–H and O–H groups in total. The summed E-state index contributed by atoms with van der Waals surface area (Å²) in [6.07, 6.45) is -1.21. The van der Waals surface area contributed by atoms with Crippen LogP contribution in [0.4, 0.5) is 0 Å². The van der Waals surface area contributed by atoms with Gasteiger partial charge in [0.15, 0.2) is 0 Å². The molecule has 0 radical (unpaired) electrons. The fraction of sp³-hybridized carbons (Fsp3) is 0.214. The summed E-state index contributed by atoms with van der Waals surface area (Å²) in [4.78, 5) is 19.2. The molecule has 0 aliphatic heterocycles. The van der Waals surface area contributed by atoms with E-state index in [2.05, 4.69) is 9.97 Å². The Balaban J connectivity index is 2.50. The van der Waals surface area contributed by atoms with Crippen LogP contribution in [0.25, 0.3) is 11.3 Å². The van der Waals surface area contributed by atoms with Gasteiger partial charge in [-0.1, -0.05) is 0 Å². The van der Waals surface area contributed by atoms with Crippen LogP contribution < -0.4 is 10.5 Å². The van der Waals surface area contributed by atoms with Gasteiger partial charge in [0.05, 0.1) is 25.1 Å². The van der Waals surface area contributed by atoms with Gasteiger partial charge in [-0.15, -0.1) is 0 Å². The lowest BCUT2D eigenvalue weighted by Crippen LogP contribution is -2.18. The molecule has 1 amide bonds. The summed E-state index contributed by atoms with van der Waals surface area (Å²) in [5, 5.41) is 18.7. The van der Waals surface area contributed by atoms with Crippen molar-refractivity contribution in [3.63, 3.8) is 0 Å². The summed E-state index contributed by atoms with van der Waals surface area (Å²) in [6, 6.07) is 8.48. The highest BCUT2D eigenvalue weighted by Crippen LogP contribution is 2.23. The first-order valence-corrected chi connectivity index (χ1v) is 6.17. The Morgan fingerprint density at radius 3 is 2.52 bits per heavy atom. The molecule has 0 saturated heterocycles. The molecule has 0 aliphatic rings. The van der Waals surface area contributed by atoms with Crippen molar-refractivity contribution in [1.82, 2.24) is 9.97 Å². The molecule has 2 rings (SSSR count). The van der Waals surface area contributed by atoms with E-state index in [0.717, 1.165) is 0 Å². The number of amides is 1. The monoisotopic (exact) mass is 289 g/mol. The predicted molar refractivity (Wildman–Crippen MR) is 74.6 cm³/mol. The molecule has 0 bridgehead atoms. The number of benzene rings is 1. The molecule has 2 aromatic rings. The minimum Gasteiger partial charge on any atom is -0.497 e. The number of hydrogen-bond acceptors (Lipinski definition) is 6. The number of hydrogen-bond donors (Lipinski definition) is 3. The molecule has 0 fully saturated rings. The molecular formula is C14H15N3O4. The Hall–Kier alpha value is -2.51. The molecule has 7 heteroatoms. The molecule has 1 aromatic heterocycles. The van der Waals surface area contributed by atoms with Crippen LogP contribution in [0.1, 0.15) is 22.4 Å². The van der Waals surface area contributed by atoms with E-state index < -0.39 is 18.6 Å². The van der Waals surface area contributed by atoms with Gasteiger partial charge in [0.25, 0.3) is 5.91 Å². The van der Waals surface area contributed by atoms with Gasteiger partial charge >= 0.3 is 0 Å². The SMILES string of the molecule is COc1ccc(-c2cc([C@@H](O)CO)nc(C(N)=O)n2)cc1. The molecular weight excluding hydrogens is 274 g/mol. The van der Waals surface area contributed by atoms with Gasteiger partial charge in [-0.2, -0.15) is 0 Å². The van der Waals surface area contributed by atoms with E-state index in [1.807, 2.05) is 0 Å². The highest BCUT2D eigenvalue weighted by atomic mass is 16.5. The number of aliphatic hydroxyl groups is 2. The van der Waals surface area contributed by atoms with E-state index in [1.54, 1.807) is 31.4 Å². The van der Waals surface area contributed by atoms with Crippen molar-refractivity contribution in [2.24, 2.45) is 5.73 Å². The zero-order valence-electron chi connectivity index (χ0n) is 11.4. The van der Waals surface area contributed by atoms with Gasteiger partial charge in [0.1, 0.15) is 11.9 Å². The lowest BCUT2D eigenvalue weighted by molar-refractivity contribution is 0.0909. The molecule has 1 atom stereocenters. The number of nitrogens with two attached hydrogens (primary N) is 1. The minimum absolute atomic E-state index is 0.132. The predicted octanol–water partition coefficient (Wildman–Crippen LogP) is 0.277. The fourth-order valence-electron chi connectivity index (χ4n) is 1.75. The molecule has 7 nitrogen and oxygen atoms in total. The van der Waals surface area contributed by atoms with Crippen LogP contribution in [0.5, 0.6) is 5.75 Å². The third kappa shape index (κ3) is 3.33. The van der Waals surface area contributed by atoms with Crippen molar-refractivity contribution in [2.75, 3.05) is 13.7 Å². The number of aliphatic hydroxyl groups excluding tert-OH is 2. The third-order valence-electron chi connectivity index (χ3n) is 2.87. The number of primary amides is 1. The van der Waals surface area contributed by atoms with E-state index in [0.29, 0.717) is 17.0 Å². The Labute approximate surface area is 121 Å². The number of carbonyl (C=O) groups excluding carboxylic acids is 1. The van der Waals surface area contributed by atoms with Gasteiger partial charge in [0.2, 0.25) is 5.82 Å². The van der Waals surface area contributed by atoms with Crippen LogP contribution in [-0.2, 0) is 0 Å². The first kappa shape index (κ1) is 14.9. The van der Waals surface area contributed by atoms with E-state index >= 15 is 0 Å². The highest BCUT2D eigenvalue weighted by Gasteiger charge is 2.15. The van der Waals surface area contributed by atoms with Crippen molar-refractivity contribution in [3.8, 4) is 17.0 Å². The quantitative estimate of drug-likeness (QED) is 0.727. The standard InChI is InChI=1S/C14H15N3O4/c1-21-9-4-2-8(3-5-9)10-6-11(12(19)7-18)17-14(16-10)13(15)20/h2-6,12,18-19H,7H2,1H3,(H2,15,20)/t12-/m0/s1. The third-order valence-corrected chi connectivity index (χ3v) is 2.87. The maximum Gasteiger partial charge on any atom is 0.286 e. The Bertz CT molecular complexity index is 643. The average Bonchev–Trinajstić information content (AvgIpc) is 2.53. The Morgan fingerprint density at radius 1 is 1.33 bits per heavy atom. The maximum absolute atomic E-state index is 11.3. The molecule has 1 aromatic carbocycles. The second-order valence-electron chi connectivity index (χ2n) is 4.29. The van der Waals surface area contributed by atoms with Crippen LogP contribution in [-0.4, -0.2) is 39.8 Å². The Morgan fingerprint density at radius 2 is 2.00 bits per heavy atom. The molecule has 1 heterocycles. The first-order chi connectivity index (χ1) is 10.0. The number of rotatable bonds is 5. The van der Waals surface area contributed by atoms with Gasteiger partial charge in [-0.25, -0.2) is 9.97 Å². The van der Waals surface area contributed by atoms with E-state index in [4.69, 9.17) is 15.6 Å². The van der Waals surface area contributed by atoms with Crippen molar-refractivity contribution in [2.45, 2.75) is 6.10 Å². The molecule has 0 spiro atoms. The van der Waals surface area contributed by atoms with Crippen molar-refractivity contribution in [1.29, 1.82) is 0 Å². The average molecular weight is 289 g/mol. The molecule has 0 aliphatic carbocycles. The fourth-order valence-corrected chi connectivity index (χ4v) is 1.75. The summed E-state index contributed by atoms with van der Waals surface area (Å²) in [6.45, 7) is -0.517. The largest absolute Gasteiger partial charge is 0.497 e. The minimum atomic E-state index is -1.21. The lowest BCUT2D eigenvalue weighted by atomic mass is 10.1. The number of ether oxygens (including phenoxy) is 1. The number of aromatic nitrogens is 2. The zero-order valence-corrected chi connectivity index (χ0v) is 11.4. The molecule has 0 saturated carbocycles. The van der Waals surface area contributed by atoms with Crippen molar-refractivity contribution in [3.05, 3.63) is 41.9 Å². The number of carbonyl (C=O) groups is 1. The Kier molecular flexibility index (Phi) is 4.46. The van der Waals surface area contributed by atoms with Crippen molar-refractivity contribution < 1.29 is 19.7 Å².